The second-order valence-electron chi connectivity index (χ2n) is 4.81. The maximum atomic E-state index is 12.0. The van der Waals surface area contributed by atoms with Crippen LogP contribution in [0.2, 0.25) is 10.0 Å². The first-order valence-electron chi connectivity index (χ1n) is 7.25. The summed E-state index contributed by atoms with van der Waals surface area (Å²) in [6, 6.07) is 12.6. The Morgan fingerprint density at radius 2 is 1.83 bits per heavy atom. The molecular weight excluding hydrogens is 335 g/mol. The van der Waals surface area contributed by atoms with Crippen molar-refractivity contribution < 1.29 is 9.53 Å². The molecule has 2 aromatic rings. The number of urea groups is 1. The number of carbonyl (C=O) groups excluding carboxylic acids is 1. The maximum Gasteiger partial charge on any atom is 0.319 e. The van der Waals surface area contributed by atoms with Crippen molar-refractivity contribution in [1.82, 2.24) is 5.32 Å². The molecule has 0 saturated carbocycles. The number of hydrogen-bond donors (Lipinski definition) is 2. The summed E-state index contributed by atoms with van der Waals surface area (Å²) in [4.78, 5) is 12.0. The molecule has 2 N–H and O–H groups in total. The monoisotopic (exact) mass is 352 g/mol. The summed E-state index contributed by atoms with van der Waals surface area (Å²) in [5, 5.41) is 6.21. The highest BCUT2D eigenvalue weighted by Gasteiger charge is 2.09. The van der Waals surface area contributed by atoms with E-state index >= 15 is 0 Å². The minimum atomic E-state index is -0.347. The Morgan fingerprint density at radius 3 is 2.57 bits per heavy atom. The molecule has 2 aromatic carbocycles. The lowest BCUT2D eigenvalue weighted by Crippen LogP contribution is -2.28. The second kappa shape index (κ2) is 8.77. The van der Waals surface area contributed by atoms with Crippen molar-refractivity contribution in [3.63, 3.8) is 0 Å². The van der Waals surface area contributed by atoms with Crippen LogP contribution in [-0.4, -0.2) is 12.6 Å². The molecule has 0 aliphatic rings. The fourth-order valence-corrected chi connectivity index (χ4v) is 2.37. The topological polar surface area (TPSA) is 50.4 Å². The van der Waals surface area contributed by atoms with Crippen LogP contribution in [0.5, 0.6) is 0 Å². The Kier molecular flexibility index (Phi) is 6.71. The molecule has 0 fully saturated rings. The van der Waals surface area contributed by atoms with Crippen molar-refractivity contribution in [1.29, 1.82) is 0 Å². The van der Waals surface area contributed by atoms with Crippen LogP contribution in [0.25, 0.3) is 0 Å². The van der Waals surface area contributed by atoms with Crippen LogP contribution in [0.4, 0.5) is 10.5 Å². The van der Waals surface area contributed by atoms with Gasteiger partial charge < -0.3 is 15.4 Å². The number of rotatable bonds is 6. The molecular formula is C17H18Cl2N2O2. The molecule has 2 amide bonds. The normalized spacial score (nSPS) is 10.4. The number of ether oxygens (including phenoxy) is 1. The van der Waals surface area contributed by atoms with Gasteiger partial charge in [0.25, 0.3) is 0 Å². The van der Waals surface area contributed by atoms with E-state index in [1.54, 1.807) is 18.2 Å². The number of halogens is 2. The van der Waals surface area contributed by atoms with Crippen molar-refractivity contribution in [2.45, 2.75) is 20.1 Å². The Labute approximate surface area is 145 Å². The maximum absolute atomic E-state index is 12.0. The molecule has 0 unspecified atom stereocenters. The lowest BCUT2D eigenvalue weighted by molar-refractivity contribution is 0.133. The zero-order valence-corrected chi connectivity index (χ0v) is 14.2. The Morgan fingerprint density at radius 1 is 1.09 bits per heavy atom. The average Bonchev–Trinajstić information content (AvgIpc) is 2.56. The van der Waals surface area contributed by atoms with E-state index in [9.17, 15) is 4.79 Å². The van der Waals surface area contributed by atoms with Gasteiger partial charge in [0.1, 0.15) is 0 Å². The van der Waals surface area contributed by atoms with Crippen LogP contribution in [0.1, 0.15) is 18.1 Å². The smallest absolute Gasteiger partial charge is 0.319 e. The molecule has 6 heteroatoms. The summed E-state index contributed by atoms with van der Waals surface area (Å²) in [6.45, 7) is 3.52. The molecule has 0 bridgehead atoms. The van der Waals surface area contributed by atoms with E-state index in [1.165, 1.54) is 0 Å². The van der Waals surface area contributed by atoms with E-state index in [-0.39, 0.29) is 6.03 Å². The summed E-state index contributed by atoms with van der Waals surface area (Å²) in [5.74, 6) is 0. The molecule has 0 aliphatic carbocycles. The van der Waals surface area contributed by atoms with E-state index < -0.39 is 0 Å². The first-order chi connectivity index (χ1) is 11.1. The van der Waals surface area contributed by atoms with Gasteiger partial charge in [0, 0.05) is 13.2 Å². The van der Waals surface area contributed by atoms with Crippen LogP contribution >= 0.6 is 23.2 Å². The molecule has 4 nitrogen and oxygen atoms in total. The van der Waals surface area contributed by atoms with Crippen LogP contribution in [0.3, 0.4) is 0 Å². The predicted molar refractivity (Wildman–Crippen MR) is 94.1 cm³/mol. The molecule has 0 radical (unpaired) electrons. The highest BCUT2D eigenvalue weighted by atomic mass is 35.5. The van der Waals surface area contributed by atoms with E-state index in [4.69, 9.17) is 27.9 Å². The van der Waals surface area contributed by atoms with Gasteiger partial charge in [0.05, 0.1) is 22.3 Å². The molecule has 0 saturated heterocycles. The van der Waals surface area contributed by atoms with Gasteiger partial charge in [-0.15, -0.1) is 0 Å². The zero-order valence-electron chi connectivity index (χ0n) is 12.7. The van der Waals surface area contributed by atoms with Gasteiger partial charge in [-0.05, 0) is 30.2 Å². The fraction of sp³-hybridized carbons (Fsp3) is 0.235. The number of hydrogen-bond acceptors (Lipinski definition) is 2. The van der Waals surface area contributed by atoms with Gasteiger partial charge in [-0.25, -0.2) is 4.79 Å². The number of anilines is 1. The first kappa shape index (κ1) is 17.6. The minimum Gasteiger partial charge on any atom is -0.377 e. The molecule has 0 heterocycles. The second-order valence-corrected chi connectivity index (χ2v) is 5.60. The van der Waals surface area contributed by atoms with Gasteiger partial charge in [-0.1, -0.05) is 53.5 Å². The van der Waals surface area contributed by atoms with Gasteiger partial charge in [0.15, 0.2) is 0 Å². The number of amides is 2. The summed E-state index contributed by atoms with van der Waals surface area (Å²) in [5.41, 5.74) is 2.53. The fourth-order valence-electron chi connectivity index (χ4n) is 2.03. The van der Waals surface area contributed by atoms with Crippen LogP contribution in [0, 0.1) is 0 Å². The van der Waals surface area contributed by atoms with Crippen LogP contribution < -0.4 is 10.6 Å². The van der Waals surface area contributed by atoms with E-state index in [2.05, 4.69) is 10.6 Å². The van der Waals surface area contributed by atoms with Crippen molar-refractivity contribution in [3.05, 3.63) is 63.6 Å². The molecule has 2 rings (SSSR count). The van der Waals surface area contributed by atoms with E-state index in [1.807, 2.05) is 31.2 Å². The van der Waals surface area contributed by atoms with Gasteiger partial charge in [-0.3, -0.25) is 0 Å². The van der Waals surface area contributed by atoms with Crippen molar-refractivity contribution >= 4 is 34.9 Å². The molecule has 0 aliphatic heterocycles. The SMILES string of the molecule is CCOCc1ccccc1CNC(=O)Nc1cccc(Cl)c1Cl. The Bertz CT molecular complexity index is 677. The number of carbonyl (C=O) groups is 1. The third-order valence-electron chi connectivity index (χ3n) is 3.22. The Hall–Kier alpha value is -1.75. The number of nitrogens with one attached hydrogen (secondary N) is 2. The molecule has 23 heavy (non-hydrogen) atoms. The van der Waals surface area contributed by atoms with E-state index in [0.717, 1.165) is 11.1 Å². The largest absolute Gasteiger partial charge is 0.377 e. The Balaban J connectivity index is 1.95. The molecule has 0 atom stereocenters. The summed E-state index contributed by atoms with van der Waals surface area (Å²) in [6.07, 6.45) is 0. The standard InChI is InChI=1S/C17H18Cl2N2O2/c1-2-23-11-13-7-4-3-6-12(13)10-20-17(22)21-15-9-5-8-14(18)16(15)19/h3-9H,2,10-11H2,1H3,(H2,20,21,22). The van der Waals surface area contributed by atoms with Gasteiger partial charge in [0.2, 0.25) is 0 Å². The van der Waals surface area contributed by atoms with Crippen LogP contribution in [0.15, 0.2) is 42.5 Å². The quantitative estimate of drug-likeness (QED) is 0.780. The van der Waals surface area contributed by atoms with Crippen LogP contribution in [-0.2, 0) is 17.9 Å². The lowest BCUT2D eigenvalue weighted by Gasteiger charge is -2.12. The van der Waals surface area contributed by atoms with E-state index in [0.29, 0.717) is 35.5 Å². The van der Waals surface area contributed by atoms with Gasteiger partial charge >= 0.3 is 6.03 Å². The first-order valence-corrected chi connectivity index (χ1v) is 8.00. The minimum absolute atomic E-state index is 0.320. The predicted octanol–water partition coefficient (Wildman–Crippen LogP) is 4.85. The summed E-state index contributed by atoms with van der Waals surface area (Å²) in [7, 11) is 0. The third-order valence-corrected chi connectivity index (χ3v) is 4.04. The third kappa shape index (κ3) is 5.13. The molecule has 0 aromatic heterocycles. The number of benzene rings is 2. The van der Waals surface area contributed by atoms with Crippen molar-refractivity contribution in [2.24, 2.45) is 0 Å². The summed E-state index contributed by atoms with van der Waals surface area (Å²) < 4.78 is 5.43. The lowest BCUT2D eigenvalue weighted by atomic mass is 10.1. The average molecular weight is 353 g/mol. The highest BCUT2D eigenvalue weighted by molar-refractivity contribution is 6.43. The van der Waals surface area contributed by atoms with Crippen molar-refractivity contribution in [3.8, 4) is 0 Å². The molecule has 122 valence electrons. The van der Waals surface area contributed by atoms with Gasteiger partial charge in [-0.2, -0.15) is 0 Å². The highest BCUT2D eigenvalue weighted by Crippen LogP contribution is 2.29. The van der Waals surface area contributed by atoms with Crippen molar-refractivity contribution in [2.75, 3.05) is 11.9 Å². The zero-order chi connectivity index (χ0) is 16.7. The molecule has 0 spiro atoms. The summed E-state index contributed by atoms with van der Waals surface area (Å²) >= 11 is 12.0.